The minimum Gasteiger partial charge on any atom is -0.469 e. The predicted molar refractivity (Wildman–Crippen MR) is 56.0 cm³/mol. The summed E-state index contributed by atoms with van der Waals surface area (Å²) in [7, 11) is 1.23. The first-order valence-corrected chi connectivity index (χ1v) is 5.00. The molecule has 0 saturated heterocycles. The molecule has 0 aliphatic rings. The predicted octanol–water partition coefficient (Wildman–Crippen LogP) is 2.88. The molecule has 88 valence electrons. The SMILES string of the molecule is COC(=O)C(c1cccc(F)c1F)C(C)C. The van der Waals surface area contributed by atoms with Gasteiger partial charge in [-0.2, -0.15) is 0 Å². The van der Waals surface area contributed by atoms with Crippen LogP contribution in [0, 0.1) is 17.6 Å². The summed E-state index contributed by atoms with van der Waals surface area (Å²) < 4.78 is 31.2. The summed E-state index contributed by atoms with van der Waals surface area (Å²) in [5.74, 6) is -3.43. The van der Waals surface area contributed by atoms with Gasteiger partial charge in [-0.05, 0) is 12.0 Å². The van der Waals surface area contributed by atoms with E-state index in [2.05, 4.69) is 4.74 Å². The molecule has 0 saturated carbocycles. The minimum atomic E-state index is -0.980. The Kier molecular flexibility index (Phi) is 3.99. The Bertz CT molecular complexity index is 389. The van der Waals surface area contributed by atoms with Crippen LogP contribution in [0.3, 0.4) is 0 Å². The third-order valence-corrected chi connectivity index (χ3v) is 2.44. The topological polar surface area (TPSA) is 26.3 Å². The maximum atomic E-state index is 13.5. The van der Waals surface area contributed by atoms with E-state index >= 15 is 0 Å². The summed E-state index contributed by atoms with van der Waals surface area (Å²) >= 11 is 0. The highest BCUT2D eigenvalue weighted by molar-refractivity contribution is 5.78. The van der Waals surface area contributed by atoms with Crippen molar-refractivity contribution in [1.29, 1.82) is 0 Å². The maximum Gasteiger partial charge on any atom is 0.313 e. The number of esters is 1. The molecule has 0 aliphatic carbocycles. The molecule has 1 aromatic carbocycles. The van der Waals surface area contributed by atoms with E-state index in [0.717, 1.165) is 6.07 Å². The van der Waals surface area contributed by atoms with Crippen molar-refractivity contribution in [3.05, 3.63) is 35.4 Å². The van der Waals surface area contributed by atoms with E-state index in [1.165, 1.54) is 19.2 Å². The number of hydrogen-bond acceptors (Lipinski definition) is 2. The molecule has 1 unspecified atom stereocenters. The quantitative estimate of drug-likeness (QED) is 0.743. The van der Waals surface area contributed by atoms with Crippen molar-refractivity contribution in [2.45, 2.75) is 19.8 Å². The zero-order valence-electron chi connectivity index (χ0n) is 9.46. The van der Waals surface area contributed by atoms with E-state index < -0.39 is 23.5 Å². The second kappa shape index (κ2) is 5.05. The second-order valence-corrected chi connectivity index (χ2v) is 3.89. The maximum absolute atomic E-state index is 13.5. The molecule has 0 fully saturated rings. The van der Waals surface area contributed by atoms with E-state index in [4.69, 9.17) is 0 Å². The first kappa shape index (κ1) is 12.6. The molecule has 16 heavy (non-hydrogen) atoms. The van der Waals surface area contributed by atoms with Gasteiger partial charge in [-0.1, -0.05) is 26.0 Å². The summed E-state index contributed by atoms with van der Waals surface area (Å²) in [6.45, 7) is 3.51. The Labute approximate surface area is 93.2 Å². The van der Waals surface area contributed by atoms with E-state index in [9.17, 15) is 13.6 Å². The van der Waals surface area contributed by atoms with E-state index in [-0.39, 0.29) is 11.5 Å². The molecule has 0 aliphatic heterocycles. The highest BCUT2D eigenvalue weighted by Gasteiger charge is 2.28. The highest BCUT2D eigenvalue weighted by atomic mass is 19.2. The summed E-state index contributed by atoms with van der Waals surface area (Å²) in [4.78, 5) is 11.5. The van der Waals surface area contributed by atoms with Crippen molar-refractivity contribution in [2.75, 3.05) is 7.11 Å². The summed E-state index contributed by atoms with van der Waals surface area (Å²) in [6, 6.07) is 3.81. The van der Waals surface area contributed by atoms with Gasteiger partial charge < -0.3 is 4.74 Å². The van der Waals surface area contributed by atoms with Crippen LogP contribution in [0.4, 0.5) is 8.78 Å². The summed E-state index contributed by atoms with van der Waals surface area (Å²) in [5, 5.41) is 0. The van der Waals surface area contributed by atoms with Gasteiger partial charge in [0.2, 0.25) is 0 Å². The molecule has 0 radical (unpaired) electrons. The molecular formula is C12H14F2O2. The van der Waals surface area contributed by atoms with Gasteiger partial charge in [0.1, 0.15) is 0 Å². The smallest absolute Gasteiger partial charge is 0.313 e. The Morgan fingerprint density at radius 3 is 2.44 bits per heavy atom. The molecule has 0 heterocycles. The van der Waals surface area contributed by atoms with Crippen molar-refractivity contribution < 1.29 is 18.3 Å². The van der Waals surface area contributed by atoms with Gasteiger partial charge in [0, 0.05) is 5.56 Å². The molecule has 0 amide bonds. The van der Waals surface area contributed by atoms with Crippen LogP contribution in [0.2, 0.25) is 0 Å². The van der Waals surface area contributed by atoms with Crippen molar-refractivity contribution in [3.63, 3.8) is 0 Å². The largest absolute Gasteiger partial charge is 0.469 e. The van der Waals surface area contributed by atoms with Crippen LogP contribution in [0.1, 0.15) is 25.3 Å². The van der Waals surface area contributed by atoms with Gasteiger partial charge in [0.05, 0.1) is 13.0 Å². The fourth-order valence-corrected chi connectivity index (χ4v) is 1.65. The summed E-state index contributed by atoms with van der Waals surface area (Å²) in [6.07, 6.45) is 0. The number of halogens is 2. The van der Waals surface area contributed by atoms with Crippen molar-refractivity contribution in [2.24, 2.45) is 5.92 Å². The number of rotatable bonds is 3. The molecule has 4 heteroatoms. The normalized spacial score (nSPS) is 12.6. The number of methoxy groups -OCH3 is 1. The fourth-order valence-electron chi connectivity index (χ4n) is 1.65. The molecule has 0 spiro atoms. The Hall–Kier alpha value is -1.45. The molecule has 0 N–H and O–H groups in total. The van der Waals surface area contributed by atoms with E-state index in [1.54, 1.807) is 13.8 Å². The van der Waals surface area contributed by atoms with Crippen LogP contribution < -0.4 is 0 Å². The van der Waals surface area contributed by atoms with Gasteiger partial charge in [-0.3, -0.25) is 4.79 Å². The van der Waals surface area contributed by atoms with Gasteiger partial charge in [-0.25, -0.2) is 8.78 Å². The first-order chi connectivity index (χ1) is 7.49. The van der Waals surface area contributed by atoms with Crippen LogP contribution in [0.15, 0.2) is 18.2 Å². The highest BCUT2D eigenvalue weighted by Crippen LogP contribution is 2.28. The lowest BCUT2D eigenvalue weighted by molar-refractivity contribution is -0.143. The molecule has 0 aromatic heterocycles. The zero-order chi connectivity index (χ0) is 12.3. The van der Waals surface area contributed by atoms with Crippen LogP contribution in [0.5, 0.6) is 0 Å². The monoisotopic (exact) mass is 228 g/mol. The Balaban J connectivity index is 3.21. The lowest BCUT2D eigenvalue weighted by Crippen LogP contribution is -2.21. The Morgan fingerprint density at radius 1 is 1.31 bits per heavy atom. The number of hydrogen-bond donors (Lipinski definition) is 0. The average molecular weight is 228 g/mol. The van der Waals surface area contributed by atoms with Crippen LogP contribution in [0.25, 0.3) is 0 Å². The summed E-state index contributed by atoms with van der Waals surface area (Å²) in [5.41, 5.74) is 0.0434. The Morgan fingerprint density at radius 2 is 1.94 bits per heavy atom. The number of benzene rings is 1. The van der Waals surface area contributed by atoms with Gasteiger partial charge >= 0.3 is 5.97 Å². The number of ether oxygens (including phenoxy) is 1. The van der Waals surface area contributed by atoms with Crippen LogP contribution >= 0.6 is 0 Å². The first-order valence-electron chi connectivity index (χ1n) is 5.00. The molecule has 2 nitrogen and oxygen atoms in total. The molecule has 1 atom stereocenters. The average Bonchev–Trinajstić information content (AvgIpc) is 2.24. The third kappa shape index (κ3) is 2.38. The van der Waals surface area contributed by atoms with Crippen LogP contribution in [-0.4, -0.2) is 13.1 Å². The van der Waals surface area contributed by atoms with Gasteiger partial charge in [0.25, 0.3) is 0 Å². The standard InChI is InChI=1S/C12H14F2O2/c1-7(2)10(12(15)16-3)8-5-4-6-9(13)11(8)14/h4-7,10H,1-3H3. The number of carbonyl (C=O) groups excluding carboxylic acids is 1. The molecule has 1 aromatic rings. The minimum absolute atomic E-state index is 0.0434. The lowest BCUT2D eigenvalue weighted by Gasteiger charge is -2.19. The van der Waals surface area contributed by atoms with Crippen molar-refractivity contribution >= 4 is 5.97 Å². The molecule has 0 bridgehead atoms. The van der Waals surface area contributed by atoms with E-state index in [0.29, 0.717) is 0 Å². The lowest BCUT2D eigenvalue weighted by atomic mass is 9.88. The van der Waals surface area contributed by atoms with Crippen molar-refractivity contribution in [3.8, 4) is 0 Å². The molecule has 1 rings (SSSR count). The third-order valence-electron chi connectivity index (χ3n) is 2.44. The van der Waals surface area contributed by atoms with Gasteiger partial charge in [0.15, 0.2) is 11.6 Å². The molecular weight excluding hydrogens is 214 g/mol. The van der Waals surface area contributed by atoms with Crippen LogP contribution in [-0.2, 0) is 9.53 Å². The number of carbonyl (C=O) groups is 1. The zero-order valence-corrected chi connectivity index (χ0v) is 9.46. The fraction of sp³-hybridized carbons (Fsp3) is 0.417. The van der Waals surface area contributed by atoms with E-state index in [1.807, 2.05) is 0 Å². The second-order valence-electron chi connectivity index (χ2n) is 3.89. The van der Waals surface area contributed by atoms with Gasteiger partial charge in [-0.15, -0.1) is 0 Å². The van der Waals surface area contributed by atoms with Crippen molar-refractivity contribution in [1.82, 2.24) is 0 Å².